The van der Waals surface area contributed by atoms with Crippen LogP contribution in [0.2, 0.25) is 0 Å². The van der Waals surface area contributed by atoms with Crippen LogP contribution in [0, 0.1) is 5.92 Å². The van der Waals surface area contributed by atoms with Gasteiger partial charge in [-0.05, 0) is 26.3 Å². The summed E-state index contributed by atoms with van der Waals surface area (Å²) < 4.78 is 6.89. The molecular formula is C12H19N3O2. The van der Waals surface area contributed by atoms with Crippen LogP contribution in [-0.4, -0.2) is 28.9 Å². The molecule has 1 N–H and O–H groups in total. The predicted octanol–water partition coefficient (Wildman–Crippen LogP) is 1.02. The number of nitrogens with one attached hydrogen (secondary N) is 1. The molecule has 5 nitrogen and oxygen atoms in total. The maximum atomic E-state index is 11.9. The smallest absolute Gasteiger partial charge is 0.310 e. The minimum Gasteiger partial charge on any atom is -0.466 e. The number of nitrogens with zero attached hydrogens (tertiary/aromatic N) is 2. The summed E-state index contributed by atoms with van der Waals surface area (Å²) in [6.07, 6.45) is 5.66. The standard InChI is InChI=1S/C12H19N3O2/c1-3-17-12(16)10-5-4-6-13-11(10)9-7-14-15(2)8-9/h7-8,10-11,13H,3-6H2,1-2H3. The Morgan fingerprint density at radius 2 is 2.53 bits per heavy atom. The lowest BCUT2D eigenvalue weighted by Crippen LogP contribution is -2.38. The van der Waals surface area contributed by atoms with Crippen molar-refractivity contribution >= 4 is 5.97 Å². The van der Waals surface area contributed by atoms with E-state index in [1.165, 1.54) is 0 Å². The quantitative estimate of drug-likeness (QED) is 0.798. The Kier molecular flexibility index (Phi) is 3.78. The first kappa shape index (κ1) is 12.1. The fraction of sp³-hybridized carbons (Fsp3) is 0.667. The highest BCUT2D eigenvalue weighted by atomic mass is 16.5. The average Bonchev–Trinajstić information content (AvgIpc) is 2.76. The number of rotatable bonds is 3. The molecule has 1 aliphatic heterocycles. The van der Waals surface area contributed by atoms with Crippen LogP contribution in [0.15, 0.2) is 12.4 Å². The maximum absolute atomic E-state index is 11.9. The zero-order valence-corrected chi connectivity index (χ0v) is 10.3. The van der Waals surface area contributed by atoms with E-state index in [-0.39, 0.29) is 17.9 Å². The monoisotopic (exact) mass is 237 g/mol. The zero-order chi connectivity index (χ0) is 12.3. The topological polar surface area (TPSA) is 56.1 Å². The van der Waals surface area contributed by atoms with Crippen LogP contribution in [0.1, 0.15) is 31.4 Å². The summed E-state index contributed by atoms with van der Waals surface area (Å²) in [6, 6.07) is 0.0384. The van der Waals surface area contributed by atoms with E-state index in [4.69, 9.17) is 4.74 Å². The van der Waals surface area contributed by atoms with E-state index in [1.807, 2.05) is 26.4 Å². The molecule has 2 heterocycles. The SMILES string of the molecule is CCOC(=O)C1CCCNC1c1cnn(C)c1. The van der Waals surface area contributed by atoms with Gasteiger partial charge in [0, 0.05) is 24.8 Å². The molecular weight excluding hydrogens is 218 g/mol. The molecule has 2 unspecified atom stereocenters. The van der Waals surface area contributed by atoms with E-state index in [9.17, 15) is 4.79 Å². The summed E-state index contributed by atoms with van der Waals surface area (Å²) in [5.74, 6) is -0.193. The van der Waals surface area contributed by atoms with Crippen molar-refractivity contribution in [1.29, 1.82) is 0 Å². The summed E-state index contributed by atoms with van der Waals surface area (Å²) in [5, 5.41) is 7.54. The molecule has 17 heavy (non-hydrogen) atoms. The number of aryl methyl sites for hydroxylation is 1. The fourth-order valence-electron chi connectivity index (χ4n) is 2.34. The van der Waals surface area contributed by atoms with Crippen molar-refractivity contribution < 1.29 is 9.53 Å². The van der Waals surface area contributed by atoms with Gasteiger partial charge in [0.2, 0.25) is 0 Å². The second-order valence-electron chi connectivity index (χ2n) is 4.38. The van der Waals surface area contributed by atoms with Crippen LogP contribution in [0.25, 0.3) is 0 Å². The highest BCUT2D eigenvalue weighted by Gasteiger charge is 2.33. The van der Waals surface area contributed by atoms with Gasteiger partial charge in [-0.3, -0.25) is 9.48 Å². The summed E-state index contributed by atoms with van der Waals surface area (Å²) in [6.45, 7) is 3.22. The van der Waals surface area contributed by atoms with Gasteiger partial charge in [0.25, 0.3) is 0 Å². The highest BCUT2D eigenvalue weighted by molar-refractivity contribution is 5.73. The minimum atomic E-state index is -0.103. The van der Waals surface area contributed by atoms with Gasteiger partial charge in [0.15, 0.2) is 0 Å². The maximum Gasteiger partial charge on any atom is 0.310 e. The molecule has 0 radical (unpaired) electrons. The van der Waals surface area contributed by atoms with Gasteiger partial charge in [-0.25, -0.2) is 0 Å². The summed E-state index contributed by atoms with van der Waals surface area (Å²) in [5.41, 5.74) is 1.06. The molecule has 2 rings (SSSR count). The Labute approximate surface area is 101 Å². The molecule has 94 valence electrons. The number of ether oxygens (including phenoxy) is 1. The lowest BCUT2D eigenvalue weighted by Gasteiger charge is -2.30. The number of esters is 1. The van der Waals surface area contributed by atoms with Gasteiger partial charge < -0.3 is 10.1 Å². The number of carbonyl (C=O) groups is 1. The van der Waals surface area contributed by atoms with Crippen LogP contribution in [-0.2, 0) is 16.6 Å². The van der Waals surface area contributed by atoms with Crippen molar-refractivity contribution in [1.82, 2.24) is 15.1 Å². The largest absolute Gasteiger partial charge is 0.466 e. The van der Waals surface area contributed by atoms with Crippen LogP contribution >= 0.6 is 0 Å². The number of piperidine rings is 1. The molecule has 1 fully saturated rings. The van der Waals surface area contributed by atoms with Crippen LogP contribution in [0.4, 0.5) is 0 Å². The Bertz CT molecular complexity index is 389. The highest BCUT2D eigenvalue weighted by Crippen LogP contribution is 2.29. The number of hydrogen-bond acceptors (Lipinski definition) is 4. The normalized spacial score (nSPS) is 24.6. The molecule has 0 spiro atoms. The second kappa shape index (κ2) is 5.31. The lowest BCUT2D eigenvalue weighted by molar-refractivity contribution is -0.150. The van der Waals surface area contributed by atoms with Crippen molar-refractivity contribution in [2.75, 3.05) is 13.2 Å². The molecule has 1 aromatic heterocycles. The van der Waals surface area contributed by atoms with Gasteiger partial charge in [-0.1, -0.05) is 0 Å². The van der Waals surface area contributed by atoms with Crippen molar-refractivity contribution in [2.45, 2.75) is 25.8 Å². The Morgan fingerprint density at radius 3 is 3.18 bits per heavy atom. The fourth-order valence-corrected chi connectivity index (χ4v) is 2.34. The van der Waals surface area contributed by atoms with E-state index in [1.54, 1.807) is 4.68 Å². The molecule has 0 saturated carbocycles. The molecule has 0 aromatic carbocycles. The summed E-state index contributed by atoms with van der Waals surface area (Å²) >= 11 is 0. The van der Waals surface area contributed by atoms with Crippen LogP contribution in [0.3, 0.4) is 0 Å². The first-order chi connectivity index (χ1) is 8.22. The third kappa shape index (κ3) is 2.66. The molecule has 1 aliphatic rings. The summed E-state index contributed by atoms with van der Waals surface area (Å²) in [7, 11) is 1.88. The van der Waals surface area contributed by atoms with Gasteiger partial charge in [0.1, 0.15) is 0 Å². The number of hydrogen-bond donors (Lipinski definition) is 1. The van der Waals surface area contributed by atoms with Crippen molar-refractivity contribution in [3.8, 4) is 0 Å². The van der Waals surface area contributed by atoms with Gasteiger partial charge >= 0.3 is 5.97 Å². The molecule has 0 amide bonds. The predicted molar refractivity (Wildman–Crippen MR) is 63.3 cm³/mol. The Balaban J connectivity index is 2.14. The van der Waals surface area contributed by atoms with Gasteiger partial charge in [0.05, 0.1) is 18.7 Å². The minimum absolute atomic E-state index is 0.0384. The van der Waals surface area contributed by atoms with E-state index in [0.717, 1.165) is 24.9 Å². The Hall–Kier alpha value is -1.36. The van der Waals surface area contributed by atoms with Crippen molar-refractivity contribution in [3.63, 3.8) is 0 Å². The van der Waals surface area contributed by atoms with E-state index >= 15 is 0 Å². The van der Waals surface area contributed by atoms with Gasteiger partial charge in [-0.2, -0.15) is 5.10 Å². The third-order valence-corrected chi connectivity index (χ3v) is 3.13. The van der Waals surface area contributed by atoms with Crippen LogP contribution in [0.5, 0.6) is 0 Å². The van der Waals surface area contributed by atoms with Crippen molar-refractivity contribution in [2.24, 2.45) is 13.0 Å². The molecule has 1 saturated heterocycles. The molecule has 2 atom stereocenters. The van der Waals surface area contributed by atoms with E-state index < -0.39 is 0 Å². The van der Waals surface area contributed by atoms with E-state index in [2.05, 4.69) is 10.4 Å². The molecule has 5 heteroatoms. The second-order valence-corrected chi connectivity index (χ2v) is 4.38. The van der Waals surface area contributed by atoms with E-state index in [0.29, 0.717) is 6.61 Å². The summed E-state index contributed by atoms with van der Waals surface area (Å²) in [4.78, 5) is 11.9. The van der Waals surface area contributed by atoms with Crippen molar-refractivity contribution in [3.05, 3.63) is 18.0 Å². The number of aromatic nitrogens is 2. The van der Waals surface area contributed by atoms with Gasteiger partial charge in [-0.15, -0.1) is 0 Å². The Morgan fingerprint density at radius 1 is 1.71 bits per heavy atom. The molecule has 1 aromatic rings. The third-order valence-electron chi connectivity index (χ3n) is 3.13. The molecule has 0 bridgehead atoms. The first-order valence-electron chi connectivity index (χ1n) is 6.11. The number of carbonyl (C=O) groups excluding carboxylic acids is 1. The van der Waals surface area contributed by atoms with Crippen LogP contribution < -0.4 is 5.32 Å². The molecule has 0 aliphatic carbocycles. The zero-order valence-electron chi connectivity index (χ0n) is 10.3. The lowest BCUT2D eigenvalue weighted by atomic mass is 9.87. The first-order valence-corrected chi connectivity index (χ1v) is 6.11. The average molecular weight is 237 g/mol.